The Hall–Kier alpha value is -2.84. The maximum absolute atomic E-state index is 12.6. The molecule has 0 spiro atoms. The van der Waals surface area contributed by atoms with Crippen molar-refractivity contribution in [2.24, 2.45) is 0 Å². The normalized spacial score (nSPS) is 10.7. The Balaban J connectivity index is 2.02. The molecule has 8 nitrogen and oxygen atoms in total. The molecule has 0 unspecified atom stereocenters. The summed E-state index contributed by atoms with van der Waals surface area (Å²) in [6.45, 7) is 2.07. The number of halogens is 2. The van der Waals surface area contributed by atoms with Crippen LogP contribution in [0.1, 0.15) is 6.92 Å². The van der Waals surface area contributed by atoms with Gasteiger partial charge in [-0.05, 0) is 42.8 Å². The van der Waals surface area contributed by atoms with Gasteiger partial charge in [0.25, 0.3) is 11.5 Å². The third kappa shape index (κ3) is 4.18. The zero-order valence-corrected chi connectivity index (χ0v) is 16.6. The molecule has 1 aromatic carbocycles. The lowest BCUT2D eigenvalue weighted by molar-refractivity contribution is -0.122. The van der Waals surface area contributed by atoms with Crippen LogP contribution in [0.4, 0.5) is 11.5 Å². The monoisotopic (exact) mass is 421 g/mol. The van der Waals surface area contributed by atoms with E-state index in [1.165, 1.54) is 13.2 Å². The van der Waals surface area contributed by atoms with Crippen molar-refractivity contribution >= 4 is 51.5 Å². The van der Waals surface area contributed by atoms with E-state index in [0.29, 0.717) is 23.1 Å². The molecular weight excluding hydrogens is 405 g/mol. The first kappa shape index (κ1) is 19.9. The van der Waals surface area contributed by atoms with Gasteiger partial charge >= 0.3 is 0 Å². The maximum atomic E-state index is 12.6. The number of carbonyl (C=O) groups is 1. The van der Waals surface area contributed by atoms with Gasteiger partial charge in [-0.25, -0.2) is 4.98 Å². The van der Waals surface area contributed by atoms with Crippen molar-refractivity contribution in [3.63, 3.8) is 0 Å². The molecule has 0 saturated carbocycles. The Morgan fingerprint density at radius 2 is 2.07 bits per heavy atom. The number of hydrogen-bond acceptors (Lipinski definition) is 6. The average Bonchev–Trinajstić information content (AvgIpc) is 2.69. The highest BCUT2D eigenvalue weighted by Gasteiger charge is 2.12. The van der Waals surface area contributed by atoms with E-state index in [1.54, 1.807) is 16.7 Å². The summed E-state index contributed by atoms with van der Waals surface area (Å²) in [7, 11) is 1.50. The van der Waals surface area contributed by atoms with Crippen LogP contribution in [0.2, 0.25) is 10.3 Å². The number of anilines is 2. The minimum absolute atomic E-state index is 0.0670. The van der Waals surface area contributed by atoms with Gasteiger partial charge in [-0.1, -0.05) is 11.6 Å². The molecule has 2 heterocycles. The van der Waals surface area contributed by atoms with Crippen LogP contribution in [0.3, 0.4) is 0 Å². The number of fused-ring (bicyclic) bond motifs is 1. The van der Waals surface area contributed by atoms with Gasteiger partial charge in [-0.3, -0.25) is 9.59 Å². The van der Waals surface area contributed by atoms with Crippen LogP contribution in [0.25, 0.3) is 10.9 Å². The molecule has 0 aliphatic heterocycles. The zero-order chi connectivity index (χ0) is 20.3. The van der Waals surface area contributed by atoms with Crippen molar-refractivity contribution in [3.05, 3.63) is 51.1 Å². The van der Waals surface area contributed by atoms with Crippen LogP contribution in [0.5, 0.6) is 5.75 Å². The lowest BCUT2D eigenvalue weighted by atomic mass is 10.1. The Kier molecular flexibility index (Phi) is 6.01. The highest BCUT2D eigenvalue weighted by Crippen LogP contribution is 2.27. The molecule has 10 heteroatoms. The molecule has 2 aromatic heterocycles. The first-order valence-corrected chi connectivity index (χ1v) is 9.14. The molecule has 3 aromatic rings. The number of hydrogen-bond donors (Lipinski definition) is 2. The predicted octanol–water partition coefficient (Wildman–Crippen LogP) is 2.99. The van der Waals surface area contributed by atoms with E-state index < -0.39 is 0 Å². The number of carbonyl (C=O) groups excluding carboxylic acids is 1. The summed E-state index contributed by atoms with van der Waals surface area (Å²) in [4.78, 5) is 31.9. The number of amides is 1. The Labute approximate surface area is 170 Å². The second-order valence-electron chi connectivity index (χ2n) is 5.75. The summed E-state index contributed by atoms with van der Waals surface area (Å²) in [6, 6.07) is 7.03. The van der Waals surface area contributed by atoms with Gasteiger partial charge in [-0.15, -0.1) is 0 Å². The number of nitrogens with zero attached hydrogens (tertiary/aromatic N) is 3. The molecule has 146 valence electrons. The molecule has 0 saturated heterocycles. The highest BCUT2D eigenvalue weighted by molar-refractivity contribution is 6.33. The molecule has 28 heavy (non-hydrogen) atoms. The number of aromatic nitrogens is 3. The number of rotatable bonds is 6. The van der Waals surface area contributed by atoms with Crippen LogP contribution < -0.4 is 20.9 Å². The van der Waals surface area contributed by atoms with E-state index in [4.69, 9.17) is 27.9 Å². The number of aryl methyl sites for hydroxylation is 1. The van der Waals surface area contributed by atoms with E-state index in [9.17, 15) is 9.59 Å². The van der Waals surface area contributed by atoms with Crippen LogP contribution in [-0.4, -0.2) is 34.1 Å². The largest absolute Gasteiger partial charge is 0.478 e. The van der Waals surface area contributed by atoms with Gasteiger partial charge in [0.1, 0.15) is 5.02 Å². The number of ether oxygens (including phenoxy) is 1. The summed E-state index contributed by atoms with van der Waals surface area (Å²) in [6.07, 6.45) is 1.40. The van der Waals surface area contributed by atoms with Crippen LogP contribution in [-0.2, 0) is 11.3 Å². The SMILES string of the molecule is CCn1c(=O)c(OCC(=O)NC)cc2cc(Nc3nc(Cl)ncc3Cl)ccc21. The van der Waals surface area contributed by atoms with Crippen molar-refractivity contribution in [2.45, 2.75) is 13.5 Å². The lowest BCUT2D eigenvalue weighted by Crippen LogP contribution is -2.28. The second kappa shape index (κ2) is 8.45. The minimum Gasteiger partial charge on any atom is -0.478 e. The van der Waals surface area contributed by atoms with Gasteiger partial charge in [0.2, 0.25) is 5.28 Å². The third-order valence-electron chi connectivity index (χ3n) is 3.99. The molecule has 0 atom stereocenters. The number of pyridine rings is 1. The minimum atomic E-state index is -0.326. The van der Waals surface area contributed by atoms with Gasteiger partial charge < -0.3 is 19.9 Å². The van der Waals surface area contributed by atoms with E-state index in [0.717, 1.165) is 10.9 Å². The number of likely N-dealkylation sites (N-methyl/N-ethyl adjacent to an activating group) is 1. The second-order valence-corrected chi connectivity index (χ2v) is 6.50. The molecule has 0 aliphatic carbocycles. The quantitative estimate of drug-likeness (QED) is 0.593. The highest BCUT2D eigenvalue weighted by atomic mass is 35.5. The van der Waals surface area contributed by atoms with Crippen LogP contribution in [0.15, 0.2) is 35.3 Å². The molecule has 1 amide bonds. The fourth-order valence-corrected chi connectivity index (χ4v) is 2.91. The lowest BCUT2D eigenvalue weighted by Gasteiger charge is -2.14. The molecule has 0 bridgehead atoms. The summed E-state index contributed by atoms with van der Waals surface area (Å²) in [5.41, 5.74) is 1.12. The van der Waals surface area contributed by atoms with Crippen molar-refractivity contribution in [2.75, 3.05) is 19.0 Å². The van der Waals surface area contributed by atoms with Crippen molar-refractivity contribution < 1.29 is 9.53 Å². The van der Waals surface area contributed by atoms with E-state index in [-0.39, 0.29) is 29.1 Å². The summed E-state index contributed by atoms with van der Waals surface area (Å²) >= 11 is 11.9. The molecule has 3 rings (SSSR count). The van der Waals surface area contributed by atoms with Gasteiger partial charge in [0, 0.05) is 24.7 Å². The third-order valence-corrected chi connectivity index (χ3v) is 4.45. The van der Waals surface area contributed by atoms with Gasteiger partial charge in [0.15, 0.2) is 18.2 Å². The Morgan fingerprint density at radius 1 is 1.29 bits per heavy atom. The molecule has 0 fully saturated rings. The zero-order valence-electron chi connectivity index (χ0n) is 15.1. The van der Waals surface area contributed by atoms with Crippen molar-refractivity contribution in [3.8, 4) is 5.75 Å². The first-order valence-electron chi connectivity index (χ1n) is 8.39. The van der Waals surface area contributed by atoms with E-state index in [2.05, 4.69) is 20.6 Å². The molecule has 0 aliphatic rings. The topological polar surface area (TPSA) is 98.1 Å². The summed E-state index contributed by atoms with van der Waals surface area (Å²) in [5.74, 6) is 0.132. The standard InChI is InChI=1S/C18H17Cl2N5O3/c1-3-25-13-5-4-11(23-16-12(19)8-22-18(20)24-16)6-10(13)7-14(17(25)27)28-9-15(26)21-2/h4-8H,3,9H2,1-2H3,(H,21,26)(H,22,23,24). The first-order chi connectivity index (χ1) is 13.4. The van der Waals surface area contributed by atoms with Crippen LogP contribution >= 0.6 is 23.2 Å². The van der Waals surface area contributed by atoms with Crippen molar-refractivity contribution in [1.82, 2.24) is 19.9 Å². The maximum Gasteiger partial charge on any atom is 0.293 e. The Morgan fingerprint density at radius 3 is 2.79 bits per heavy atom. The molecule has 2 N–H and O–H groups in total. The molecule has 0 radical (unpaired) electrons. The predicted molar refractivity (Wildman–Crippen MR) is 109 cm³/mol. The number of nitrogens with one attached hydrogen (secondary N) is 2. The summed E-state index contributed by atoms with van der Waals surface area (Å²) in [5, 5.41) is 6.65. The Bertz CT molecular complexity index is 1100. The number of benzene rings is 1. The summed E-state index contributed by atoms with van der Waals surface area (Å²) < 4.78 is 6.98. The van der Waals surface area contributed by atoms with Crippen LogP contribution in [0, 0.1) is 0 Å². The van der Waals surface area contributed by atoms with Gasteiger partial charge in [0.05, 0.1) is 11.7 Å². The fraction of sp³-hybridized carbons (Fsp3) is 0.222. The van der Waals surface area contributed by atoms with E-state index >= 15 is 0 Å². The average molecular weight is 422 g/mol. The van der Waals surface area contributed by atoms with E-state index in [1.807, 2.05) is 19.1 Å². The fourth-order valence-electron chi connectivity index (χ4n) is 2.64. The van der Waals surface area contributed by atoms with Crippen molar-refractivity contribution in [1.29, 1.82) is 0 Å². The smallest absolute Gasteiger partial charge is 0.293 e. The molecular formula is C18H17Cl2N5O3. The van der Waals surface area contributed by atoms with Gasteiger partial charge in [-0.2, -0.15) is 4.98 Å².